The second-order valence-electron chi connectivity index (χ2n) is 4.51. The molecule has 1 aliphatic carbocycles. The topological polar surface area (TPSA) is 52.6 Å². The highest BCUT2D eigenvalue weighted by Gasteiger charge is 2.31. The maximum atomic E-state index is 10.8. The van der Waals surface area contributed by atoms with E-state index >= 15 is 0 Å². The molecule has 0 spiro atoms. The summed E-state index contributed by atoms with van der Waals surface area (Å²) in [5.41, 5.74) is 0. The molecule has 0 saturated heterocycles. The summed E-state index contributed by atoms with van der Waals surface area (Å²) in [5.74, 6) is 0.577. The first-order valence-electron chi connectivity index (χ1n) is 5.97. The van der Waals surface area contributed by atoms with Crippen LogP contribution >= 0.6 is 0 Å². The molecule has 0 N–H and O–H groups in total. The fraction of sp³-hybridized carbons (Fsp3) is 1.00. The molecule has 0 aliphatic heterocycles. The average Bonchev–Trinajstić information content (AvgIpc) is 2.11. The van der Waals surface area contributed by atoms with E-state index in [1.54, 1.807) is 0 Å². The zero-order valence-corrected chi connectivity index (χ0v) is 11.0. The molecule has 1 saturated carbocycles. The van der Waals surface area contributed by atoms with E-state index < -0.39 is 10.1 Å². The normalized spacial score (nSPS) is 25.4. The lowest BCUT2D eigenvalue weighted by atomic mass is 9.80. The first kappa shape index (κ1) is 13.9. The number of ether oxygens (including phenoxy) is 1. The molecule has 0 aromatic heterocycles. The Morgan fingerprint density at radius 1 is 1.25 bits per heavy atom. The van der Waals surface area contributed by atoms with E-state index in [1.807, 2.05) is 0 Å². The van der Waals surface area contributed by atoms with Gasteiger partial charge in [-0.05, 0) is 31.6 Å². The minimum absolute atomic E-state index is 0.0874. The van der Waals surface area contributed by atoms with Crippen LogP contribution in [0.4, 0.5) is 0 Å². The van der Waals surface area contributed by atoms with Crippen LogP contribution in [0.1, 0.15) is 39.0 Å². The molecular weight excluding hydrogens is 228 g/mol. The standard InChI is InChI=1S/C11H22O4S/c1-3-4-6-14-7-5-10-8-11(9-10)15-16(2,12)13/h10-11H,3-9H2,1-2H3/t10-,11-. The molecule has 0 amide bonds. The van der Waals surface area contributed by atoms with Gasteiger partial charge in [0, 0.05) is 13.2 Å². The van der Waals surface area contributed by atoms with Gasteiger partial charge in [0.2, 0.25) is 0 Å². The Hall–Kier alpha value is -0.130. The van der Waals surface area contributed by atoms with E-state index in [0.717, 1.165) is 51.6 Å². The lowest BCUT2D eigenvalue weighted by Gasteiger charge is -2.33. The van der Waals surface area contributed by atoms with Crippen molar-refractivity contribution < 1.29 is 17.3 Å². The molecule has 0 atom stereocenters. The molecule has 1 rings (SSSR count). The van der Waals surface area contributed by atoms with Crippen molar-refractivity contribution in [2.24, 2.45) is 5.92 Å². The van der Waals surface area contributed by atoms with Gasteiger partial charge < -0.3 is 4.74 Å². The minimum atomic E-state index is -3.27. The Morgan fingerprint density at radius 2 is 1.94 bits per heavy atom. The molecule has 0 bridgehead atoms. The van der Waals surface area contributed by atoms with Crippen LogP contribution in [0.15, 0.2) is 0 Å². The van der Waals surface area contributed by atoms with Gasteiger partial charge in [-0.25, -0.2) is 0 Å². The molecule has 5 heteroatoms. The summed E-state index contributed by atoms with van der Waals surface area (Å²) >= 11 is 0. The van der Waals surface area contributed by atoms with Gasteiger partial charge in [0.1, 0.15) is 0 Å². The highest BCUT2D eigenvalue weighted by molar-refractivity contribution is 7.86. The SMILES string of the molecule is CCCCOCC[C@H]1C[C@H](OS(C)(=O)=O)C1. The fourth-order valence-electron chi connectivity index (χ4n) is 1.83. The molecule has 0 aromatic rings. The summed E-state index contributed by atoms with van der Waals surface area (Å²) in [7, 11) is -3.27. The van der Waals surface area contributed by atoms with Gasteiger partial charge in [-0.15, -0.1) is 0 Å². The smallest absolute Gasteiger partial charge is 0.264 e. The predicted octanol–water partition coefficient (Wildman–Crippen LogP) is 1.95. The highest BCUT2D eigenvalue weighted by Crippen LogP contribution is 2.33. The van der Waals surface area contributed by atoms with Gasteiger partial charge in [0.05, 0.1) is 12.4 Å². The molecule has 96 valence electrons. The lowest BCUT2D eigenvalue weighted by Crippen LogP contribution is -2.33. The van der Waals surface area contributed by atoms with Crippen molar-refractivity contribution >= 4 is 10.1 Å². The first-order chi connectivity index (χ1) is 7.51. The van der Waals surface area contributed by atoms with Gasteiger partial charge in [-0.1, -0.05) is 13.3 Å². The largest absolute Gasteiger partial charge is 0.381 e. The van der Waals surface area contributed by atoms with Crippen LogP contribution in [0, 0.1) is 5.92 Å². The summed E-state index contributed by atoms with van der Waals surface area (Å²) in [6.07, 6.45) is 6.02. The van der Waals surface area contributed by atoms with Gasteiger partial charge in [-0.2, -0.15) is 8.42 Å². The monoisotopic (exact) mass is 250 g/mol. The third-order valence-electron chi connectivity index (χ3n) is 2.82. The number of rotatable bonds is 8. The summed E-state index contributed by atoms with van der Waals surface area (Å²) in [4.78, 5) is 0. The molecule has 0 unspecified atom stereocenters. The van der Waals surface area contributed by atoms with Crippen LogP contribution in [0.3, 0.4) is 0 Å². The van der Waals surface area contributed by atoms with Gasteiger partial charge in [0.25, 0.3) is 10.1 Å². The van der Waals surface area contributed by atoms with Crippen LogP contribution in [0.25, 0.3) is 0 Å². The summed E-state index contributed by atoms with van der Waals surface area (Å²) in [6.45, 7) is 3.77. The third kappa shape index (κ3) is 5.82. The van der Waals surface area contributed by atoms with Gasteiger partial charge >= 0.3 is 0 Å². The second kappa shape index (κ2) is 6.57. The summed E-state index contributed by atoms with van der Waals surface area (Å²) in [6, 6.07) is 0. The molecule has 4 nitrogen and oxygen atoms in total. The first-order valence-corrected chi connectivity index (χ1v) is 7.79. The molecular formula is C11H22O4S. The van der Waals surface area contributed by atoms with Crippen molar-refractivity contribution in [3.05, 3.63) is 0 Å². The molecule has 1 fully saturated rings. The van der Waals surface area contributed by atoms with E-state index in [9.17, 15) is 8.42 Å². The second-order valence-corrected chi connectivity index (χ2v) is 6.12. The number of unbranched alkanes of at least 4 members (excludes halogenated alkanes) is 1. The average molecular weight is 250 g/mol. The Bertz CT molecular complexity index is 280. The molecule has 0 heterocycles. The van der Waals surface area contributed by atoms with Gasteiger partial charge in [-0.3, -0.25) is 4.18 Å². The number of hydrogen-bond donors (Lipinski definition) is 0. The van der Waals surface area contributed by atoms with E-state index in [0.29, 0.717) is 5.92 Å². The van der Waals surface area contributed by atoms with Crippen LogP contribution in [-0.4, -0.2) is 34.0 Å². The van der Waals surface area contributed by atoms with Crippen molar-refractivity contribution in [3.63, 3.8) is 0 Å². The van der Waals surface area contributed by atoms with Crippen molar-refractivity contribution in [3.8, 4) is 0 Å². The molecule has 16 heavy (non-hydrogen) atoms. The lowest BCUT2D eigenvalue weighted by molar-refractivity contribution is 0.0413. The van der Waals surface area contributed by atoms with E-state index in [-0.39, 0.29) is 6.10 Å². The van der Waals surface area contributed by atoms with Crippen molar-refractivity contribution in [1.29, 1.82) is 0 Å². The highest BCUT2D eigenvalue weighted by atomic mass is 32.2. The summed E-state index contributed by atoms with van der Waals surface area (Å²) in [5, 5.41) is 0. The molecule has 0 radical (unpaired) electrons. The van der Waals surface area contributed by atoms with Crippen LogP contribution < -0.4 is 0 Å². The Labute approximate surface area is 98.4 Å². The van der Waals surface area contributed by atoms with Crippen molar-refractivity contribution in [2.45, 2.75) is 45.1 Å². The third-order valence-corrected chi connectivity index (χ3v) is 3.44. The van der Waals surface area contributed by atoms with E-state index in [2.05, 4.69) is 6.92 Å². The molecule has 0 aromatic carbocycles. The summed E-state index contributed by atoms with van der Waals surface area (Å²) < 4.78 is 32.0. The van der Waals surface area contributed by atoms with E-state index in [4.69, 9.17) is 8.92 Å². The van der Waals surface area contributed by atoms with Crippen LogP contribution in [0.5, 0.6) is 0 Å². The Kier molecular flexibility index (Phi) is 5.72. The van der Waals surface area contributed by atoms with Gasteiger partial charge in [0.15, 0.2) is 0 Å². The fourth-order valence-corrected chi connectivity index (χ4v) is 2.49. The van der Waals surface area contributed by atoms with Crippen LogP contribution in [-0.2, 0) is 19.0 Å². The Morgan fingerprint density at radius 3 is 2.50 bits per heavy atom. The number of hydrogen-bond acceptors (Lipinski definition) is 4. The predicted molar refractivity (Wildman–Crippen MR) is 62.8 cm³/mol. The zero-order chi connectivity index (χ0) is 12.0. The minimum Gasteiger partial charge on any atom is -0.381 e. The molecule has 1 aliphatic rings. The quantitative estimate of drug-likeness (QED) is 0.488. The van der Waals surface area contributed by atoms with Crippen LogP contribution in [0.2, 0.25) is 0 Å². The maximum absolute atomic E-state index is 10.8. The van der Waals surface area contributed by atoms with Crippen molar-refractivity contribution in [1.82, 2.24) is 0 Å². The van der Waals surface area contributed by atoms with Crippen molar-refractivity contribution in [2.75, 3.05) is 19.5 Å². The van der Waals surface area contributed by atoms with E-state index in [1.165, 1.54) is 0 Å². The maximum Gasteiger partial charge on any atom is 0.264 e. The zero-order valence-electron chi connectivity index (χ0n) is 10.1. The Balaban J connectivity index is 1.96.